The summed E-state index contributed by atoms with van der Waals surface area (Å²) in [6.45, 7) is 0. The lowest BCUT2D eigenvalue weighted by atomic mass is 10.3. The molecule has 0 bridgehead atoms. The largest absolute Gasteiger partial charge is 0.339 e. The van der Waals surface area contributed by atoms with Crippen LogP contribution in [0.4, 0.5) is 23.1 Å². The molecule has 116 valence electrons. The highest BCUT2D eigenvalue weighted by Crippen LogP contribution is 2.27. The minimum atomic E-state index is 0.431. The second-order valence-electron chi connectivity index (χ2n) is 4.62. The van der Waals surface area contributed by atoms with Crippen molar-refractivity contribution in [3.8, 4) is 0 Å². The molecule has 7 heteroatoms. The molecule has 23 heavy (non-hydrogen) atoms. The first-order valence-corrected chi connectivity index (χ1v) is 7.82. The van der Waals surface area contributed by atoms with Gasteiger partial charge in [0, 0.05) is 11.9 Å². The van der Waals surface area contributed by atoms with E-state index in [1.807, 2.05) is 18.2 Å². The molecule has 4 nitrogen and oxygen atoms in total. The van der Waals surface area contributed by atoms with Crippen LogP contribution in [-0.4, -0.2) is 9.97 Å². The van der Waals surface area contributed by atoms with E-state index in [1.165, 1.54) is 0 Å². The lowest BCUT2D eigenvalue weighted by Gasteiger charge is -2.10. The molecule has 3 rings (SSSR count). The Balaban J connectivity index is 1.79. The molecular formula is C16H11Cl3N4. The molecular weight excluding hydrogens is 355 g/mol. The SMILES string of the molecule is Clc1ccc(Nc2nccc(Nc3ccccc3Cl)n2)cc1Cl. The lowest BCUT2D eigenvalue weighted by Crippen LogP contribution is -2.00. The molecule has 0 aliphatic heterocycles. The van der Waals surface area contributed by atoms with Crippen molar-refractivity contribution in [3.05, 3.63) is 69.8 Å². The Kier molecular flexibility index (Phi) is 4.86. The molecule has 0 saturated heterocycles. The predicted octanol–water partition coefficient (Wildman–Crippen LogP) is 5.92. The van der Waals surface area contributed by atoms with Crippen LogP contribution in [0.3, 0.4) is 0 Å². The highest BCUT2D eigenvalue weighted by atomic mass is 35.5. The number of hydrogen-bond acceptors (Lipinski definition) is 4. The van der Waals surface area contributed by atoms with Crippen molar-refractivity contribution in [3.63, 3.8) is 0 Å². The van der Waals surface area contributed by atoms with Crippen molar-refractivity contribution < 1.29 is 0 Å². The van der Waals surface area contributed by atoms with Crippen LogP contribution in [0, 0.1) is 0 Å². The van der Waals surface area contributed by atoms with Crippen LogP contribution >= 0.6 is 34.8 Å². The van der Waals surface area contributed by atoms with Crippen LogP contribution < -0.4 is 10.6 Å². The molecule has 0 saturated carbocycles. The molecule has 0 amide bonds. The summed E-state index contributed by atoms with van der Waals surface area (Å²) in [6, 6.07) is 14.4. The molecule has 0 unspecified atom stereocenters. The number of para-hydroxylation sites is 1. The third kappa shape index (κ3) is 4.05. The molecule has 0 atom stereocenters. The Morgan fingerprint density at radius 2 is 1.61 bits per heavy atom. The second kappa shape index (κ2) is 7.04. The number of hydrogen-bond donors (Lipinski definition) is 2. The maximum absolute atomic E-state index is 6.13. The number of halogens is 3. The third-order valence-corrected chi connectivity index (χ3v) is 4.04. The van der Waals surface area contributed by atoms with Crippen LogP contribution in [0.25, 0.3) is 0 Å². The molecule has 2 N–H and O–H groups in total. The molecule has 2 aromatic carbocycles. The maximum Gasteiger partial charge on any atom is 0.229 e. The van der Waals surface area contributed by atoms with Gasteiger partial charge in [-0.25, -0.2) is 4.98 Å². The summed E-state index contributed by atoms with van der Waals surface area (Å²) in [7, 11) is 0. The normalized spacial score (nSPS) is 10.4. The van der Waals surface area contributed by atoms with Gasteiger partial charge in [-0.15, -0.1) is 0 Å². The Bertz CT molecular complexity index is 839. The van der Waals surface area contributed by atoms with E-state index in [4.69, 9.17) is 34.8 Å². The summed E-state index contributed by atoms with van der Waals surface area (Å²) in [5, 5.41) is 7.79. The van der Waals surface area contributed by atoms with Crippen LogP contribution in [-0.2, 0) is 0 Å². The van der Waals surface area contributed by atoms with Crippen LogP contribution in [0.5, 0.6) is 0 Å². The zero-order chi connectivity index (χ0) is 16.2. The quantitative estimate of drug-likeness (QED) is 0.602. The van der Waals surface area contributed by atoms with E-state index in [9.17, 15) is 0 Å². The summed E-state index contributed by atoms with van der Waals surface area (Å²) in [4.78, 5) is 8.57. The van der Waals surface area contributed by atoms with E-state index >= 15 is 0 Å². The fraction of sp³-hybridized carbons (Fsp3) is 0. The average molecular weight is 366 g/mol. The van der Waals surface area contributed by atoms with Crippen LogP contribution in [0.15, 0.2) is 54.7 Å². The Morgan fingerprint density at radius 3 is 2.39 bits per heavy atom. The molecule has 0 radical (unpaired) electrons. The summed E-state index contributed by atoms with van der Waals surface area (Å²) < 4.78 is 0. The molecule has 3 aromatic rings. The summed E-state index contributed by atoms with van der Waals surface area (Å²) >= 11 is 18.0. The third-order valence-electron chi connectivity index (χ3n) is 2.97. The van der Waals surface area contributed by atoms with E-state index in [1.54, 1.807) is 36.5 Å². The van der Waals surface area contributed by atoms with Crippen molar-refractivity contribution in [2.24, 2.45) is 0 Å². The van der Waals surface area contributed by atoms with E-state index in [-0.39, 0.29) is 0 Å². The summed E-state index contributed by atoms with van der Waals surface area (Å²) in [5.41, 5.74) is 1.52. The van der Waals surface area contributed by atoms with Gasteiger partial charge in [-0.3, -0.25) is 0 Å². The zero-order valence-electron chi connectivity index (χ0n) is 11.7. The van der Waals surface area contributed by atoms with E-state index < -0.39 is 0 Å². The first-order chi connectivity index (χ1) is 11.1. The molecule has 0 aliphatic carbocycles. The van der Waals surface area contributed by atoms with Gasteiger partial charge in [0.1, 0.15) is 5.82 Å². The first kappa shape index (κ1) is 15.9. The van der Waals surface area contributed by atoms with E-state index in [2.05, 4.69) is 20.6 Å². The maximum atomic E-state index is 6.13. The minimum Gasteiger partial charge on any atom is -0.339 e. The van der Waals surface area contributed by atoms with E-state index in [0.717, 1.165) is 11.4 Å². The van der Waals surface area contributed by atoms with Gasteiger partial charge in [0.2, 0.25) is 5.95 Å². The number of anilines is 4. The van der Waals surface area contributed by atoms with Crippen LogP contribution in [0.1, 0.15) is 0 Å². The number of nitrogens with one attached hydrogen (secondary N) is 2. The van der Waals surface area contributed by atoms with Crippen molar-refractivity contribution in [2.45, 2.75) is 0 Å². The molecule has 0 spiro atoms. The van der Waals surface area contributed by atoms with Gasteiger partial charge < -0.3 is 10.6 Å². The number of rotatable bonds is 4. The predicted molar refractivity (Wildman–Crippen MR) is 96.5 cm³/mol. The molecule has 0 aliphatic rings. The zero-order valence-corrected chi connectivity index (χ0v) is 14.0. The molecule has 1 heterocycles. The fourth-order valence-corrected chi connectivity index (χ4v) is 2.37. The standard InChI is InChI=1S/C16H11Cl3N4/c17-11-6-5-10(9-13(11)19)21-16-20-8-7-15(23-16)22-14-4-2-1-3-12(14)18/h1-9H,(H2,20,21,22,23). The summed E-state index contributed by atoms with van der Waals surface area (Å²) in [5.74, 6) is 1.05. The lowest BCUT2D eigenvalue weighted by molar-refractivity contribution is 1.17. The molecule has 1 aromatic heterocycles. The van der Waals surface area contributed by atoms with Gasteiger partial charge >= 0.3 is 0 Å². The minimum absolute atomic E-state index is 0.431. The summed E-state index contributed by atoms with van der Waals surface area (Å²) in [6.07, 6.45) is 1.64. The highest BCUT2D eigenvalue weighted by molar-refractivity contribution is 6.42. The van der Waals surface area contributed by atoms with Crippen molar-refractivity contribution >= 4 is 57.9 Å². The average Bonchev–Trinajstić information content (AvgIpc) is 2.54. The number of aromatic nitrogens is 2. The molecule has 0 fully saturated rings. The Labute approximate surface area is 148 Å². The van der Waals surface area contributed by atoms with Gasteiger partial charge in [-0.1, -0.05) is 46.9 Å². The number of nitrogens with zero attached hydrogens (tertiary/aromatic N) is 2. The van der Waals surface area contributed by atoms with E-state index in [0.29, 0.717) is 26.8 Å². The van der Waals surface area contributed by atoms with Crippen molar-refractivity contribution in [1.29, 1.82) is 0 Å². The monoisotopic (exact) mass is 364 g/mol. The van der Waals surface area contributed by atoms with Crippen LogP contribution in [0.2, 0.25) is 15.1 Å². The van der Waals surface area contributed by atoms with Gasteiger partial charge in [0.15, 0.2) is 0 Å². The van der Waals surface area contributed by atoms with Gasteiger partial charge in [0.25, 0.3) is 0 Å². The Hall–Kier alpha value is -2.01. The number of benzene rings is 2. The van der Waals surface area contributed by atoms with Gasteiger partial charge in [-0.05, 0) is 36.4 Å². The first-order valence-electron chi connectivity index (χ1n) is 6.68. The Morgan fingerprint density at radius 1 is 0.783 bits per heavy atom. The highest BCUT2D eigenvalue weighted by Gasteiger charge is 2.04. The smallest absolute Gasteiger partial charge is 0.229 e. The second-order valence-corrected chi connectivity index (χ2v) is 5.85. The van der Waals surface area contributed by atoms with Gasteiger partial charge in [-0.2, -0.15) is 4.98 Å². The topological polar surface area (TPSA) is 49.8 Å². The van der Waals surface area contributed by atoms with Gasteiger partial charge in [0.05, 0.1) is 20.8 Å². The fourth-order valence-electron chi connectivity index (χ4n) is 1.89. The van der Waals surface area contributed by atoms with Crippen molar-refractivity contribution in [1.82, 2.24) is 9.97 Å². The van der Waals surface area contributed by atoms with Crippen molar-refractivity contribution in [2.75, 3.05) is 10.6 Å².